The lowest BCUT2D eigenvalue weighted by Crippen LogP contribution is -1.96. The molecule has 1 N–H and O–H groups in total. The van der Waals surface area contributed by atoms with Gasteiger partial charge in [-0.05, 0) is 19.1 Å². The average Bonchev–Trinajstić information content (AvgIpc) is 2.42. The summed E-state index contributed by atoms with van der Waals surface area (Å²) in [7, 11) is 0. The molecule has 4 heteroatoms. The molecule has 0 fully saturated rings. The van der Waals surface area contributed by atoms with E-state index in [0.29, 0.717) is 16.7 Å². The lowest BCUT2D eigenvalue weighted by Gasteiger charge is -1.94. The number of carbonyl (C=O) groups is 1. The van der Waals surface area contributed by atoms with Crippen LogP contribution in [0.5, 0.6) is 0 Å². The van der Waals surface area contributed by atoms with Gasteiger partial charge in [-0.2, -0.15) is 0 Å². The van der Waals surface area contributed by atoms with Gasteiger partial charge in [0.2, 0.25) is 0 Å². The van der Waals surface area contributed by atoms with Crippen LogP contribution in [-0.2, 0) is 0 Å². The molecule has 0 aliphatic carbocycles. The molecule has 0 radical (unpaired) electrons. The van der Waals surface area contributed by atoms with E-state index in [2.05, 4.69) is 15.9 Å². The standard InChI is InChI=1S/C10H7BrO3/c1-5-8(10(12)13)9-6(11)3-2-4-7(9)14-5/h2-4H,1H3,(H,12,13). The molecule has 0 unspecified atom stereocenters. The Morgan fingerprint density at radius 2 is 2.21 bits per heavy atom. The van der Waals surface area contributed by atoms with Gasteiger partial charge in [-0.25, -0.2) is 4.79 Å². The molecular formula is C10H7BrO3. The van der Waals surface area contributed by atoms with E-state index < -0.39 is 5.97 Å². The molecule has 72 valence electrons. The van der Waals surface area contributed by atoms with Crippen LogP contribution in [0.2, 0.25) is 0 Å². The monoisotopic (exact) mass is 254 g/mol. The number of halogens is 1. The number of benzene rings is 1. The van der Waals surface area contributed by atoms with Crippen molar-refractivity contribution in [1.29, 1.82) is 0 Å². The Balaban J connectivity index is 2.93. The van der Waals surface area contributed by atoms with Crippen molar-refractivity contribution in [3.8, 4) is 0 Å². The number of hydrogen-bond donors (Lipinski definition) is 1. The molecule has 0 spiro atoms. The fourth-order valence-electron chi connectivity index (χ4n) is 1.48. The van der Waals surface area contributed by atoms with E-state index in [1.165, 1.54) is 0 Å². The van der Waals surface area contributed by atoms with Crippen molar-refractivity contribution < 1.29 is 14.3 Å². The summed E-state index contributed by atoms with van der Waals surface area (Å²) in [4.78, 5) is 11.0. The SMILES string of the molecule is Cc1oc2cccc(Br)c2c1C(=O)O. The first-order valence-corrected chi connectivity index (χ1v) is 4.81. The second kappa shape index (κ2) is 3.13. The molecule has 2 rings (SSSR count). The molecule has 1 aromatic carbocycles. The first kappa shape index (κ1) is 9.27. The maximum absolute atomic E-state index is 11.0. The number of carboxylic acid groups (broad SMARTS) is 1. The first-order valence-electron chi connectivity index (χ1n) is 4.02. The van der Waals surface area contributed by atoms with Crippen LogP contribution in [0.1, 0.15) is 16.1 Å². The first-order chi connectivity index (χ1) is 6.61. The van der Waals surface area contributed by atoms with E-state index >= 15 is 0 Å². The van der Waals surface area contributed by atoms with Crippen LogP contribution in [0.3, 0.4) is 0 Å². The molecule has 3 nitrogen and oxygen atoms in total. The Labute approximate surface area is 88.5 Å². The van der Waals surface area contributed by atoms with Crippen LogP contribution in [0, 0.1) is 6.92 Å². The van der Waals surface area contributed by atoms with Gasteiger partial charge in [0.15, 0.2) is 0 Å². The number of aromatic carboxylic acids is 1. The summed E-state index contributed by atoms with van der Waals surface area (Å²) in [6.07, 6.45) is 0. The highest BCUT2D eigenvalue weighted by Crippen LogP contribution is 2.31. The number of hydrogen-bond acceptors (Lipinski definition) is 2. The summed E-state index contributed by atoms with van der Waals surface area (Å²) in [5.41, 5.74) is 0.821. The van der Waals surface area contributed by atoms with Crippen molar-refractivity contribution >= 4 is 32.9 Å². The number of aryl methyl sites for hydroxylation is 1. The molecule has 1 aromatic heterocycles. The van der Waals surface area contributed by atoms with Gasteiger partial charge in [0, 0.05) is 9.86 Å². The normalized spacial score (nSPS) is 10.7. The fourth-order valence-corrected chi connectivity index (χ4v) is 2.03. The Morgan fingerprint density at radius 1 is 1.50 bits per heavy atom. The Bertz CT molecular complexity index is 513. The van der Waals surface area contributed by atoms with Crippen molar-refractivity contribution in [2.75, 3.05) is 0 Å². The molecule has 14 heavy (non-hydrogen) atoms. The maximum Gasteiger partial charge on any atom is 0.339 e. The van der Waals surface area contributed by atoms with Gasteiger partial charge < -0.3 is 9.52 Å². The van der Waals surface area contributed by atoms with Gasteiger partial charge in [0.25, 0.3) is 0 Å². The molecule has 0 atom stereocenters. The van der Waals surface area contributed by atoms with Gasteiger partial charge >= 0.3 is 5.97 Å². The summed E-state index contributed by atoms with van der Waals surface area (Å²) in [6.45, 7) is 1.65. The number of fused-ring (bicyclic) bond motifs is 1. The molecule has 0 bridgehead atoms. The van der Waals surface area contributed by atoms with E-state index in [4.69, 9.17) is 9.52 Å². The lowest BCUT2D eigenvalue weighted by molar-refractivity contribution is 0.0697. The number of furan rings is 1. The van der Waals surface area contributed by atoms with Gasteiger partial charge in [-0.15, -0.1) is 0 Å². The van der Waals surface area contributed by atoms with E-state index in [9.17, 15) is 4.79 Å². The highest BCUT2D eigenvalue weighted by Gasteiger charge is 2.18. The smallest absolute Gasteiger partial charge is 0.339 e. The van der Waals surface area contributed by atoms with Crippen LogP contribution in [0.25, 0.3) is 11.0 Å². The minimum absolute atomic E-state index is 0.229. The molecule has 2 aromatic rings. The lowest BCUT2D eigenvalue weighted by atomic mass is 10.1. The van der Waals surface area contributed by atoms with Crippen molar-refractivity contribution in [3.63, 3.8) is 0 Å². The predicted octanol–water partition coefficient (Wildman–Crippen LogP) is 3.20. The maximum atomic E-state index is 11.0. The minimum Gasteiger partial charge on any atom is -0.478 e. The van der Waals surface area contributed by atoms with E-state index in [1.54, 1.807) is 25.1 Å². The van der Waals surface area contributed by atoms with Crippen molar-refractivity contribution in [2.24, 2.45) is 0 Å². The highest BCUT2D eigenvalue weighted by atomic mass is 79.9. The van der Waals surface area contributed by atoms with Gasteiger partial charge in [0.1, 0.15) is 16.9 Å². The van der Waals surface area contributed by atoms with Crippen LogP contribution in [0.15, 0.2) is 27.1 Å². The van der Waals surface area contributed by atoms with E-state index in [0.717, 1.165) is 4.47 Å². The molecular weight excluding hydrogens is 248 g/mol. The van der Waals surface area contributed by atoms with E-state index in [1.807, 2.05) is 0 Å². The van der Waals surface area contributed by atoms with Crippen LogP contribution in [0.4, 0.5) is 0 Å². The Morgan fingerprint density at radius 3 is 2.86 bits per heavy atom. The molecule has 0 amide bonds. The molecule has 0 aliphatic rings. The van der Waals surface area contributed by atoms with Crippen LogP contribution < -0.4 is 0 Å². The molecule has 0 aliphatic heterocycles. The third kappa shape index (κ3) is 1.23. The molecule has 0 saturated carbocycles. The molecule has 0 saturated heterocycles. The summed E-state index contributed by atoms with van der Waals surface area (Å²) in [6, 6.07) is 5.35. The van der Waals surface area contributed by atoms with Crippen LogP contribution >= 0.6 is 15.9 Å². The second-order valence-corrected chi connectivity index (χ2v) is 3.81. The number of carboxylic acids is 1. The largest absolute Gasteiger partial charge is 0.478 e. The summed E-state index contributed by atoms with van der Waals surface area (Å²) in [5.74, 6) is -0.535. The Kier molecular flexibility index (Phi) is 2.07. The van der Waals surface area contributed by atoms with Crippen LogP contribution in [-0.4, -0.2) is 11.1 Å². The minimum atomic E-state index is -0.965. The second-order valence-electron chi connectivity index (χ2n) is 2.95. The highest BCUT2D eigenvalue weighted by molar-refractivity contribution is 9.10. The zero-order valence-electron chi connectivity index (χ0n) is 7.37. The third-order valence-corrected chi connectivity index (χ3v) is 2.72. The zero-order chi connectivity index (χ0) is 10.3. The predicted molar refractivity (Wildman–Crippen MR) is 55.6 cm³/mol. The van der Waals surface area contributed by atoms with Gasteiger partial charge in [-0.3, -0.25) is 0 Å². The third-order valence-electron chi connectivity index (χ3n) is 2.05. The Hall–Kier alpha value is -1.29. The topological polar surface area (TPSA) is 50.4 Å². The summed E-state index contributed by atoms with van der Waals surface area (Å²) < 4.78 is 6.07. The van der Waals surface area contributed by atoms with Gasteiger partial charge in [-0.1, -0.05) is 22.0 Å². The average molecular weight is 255 g/mol. The van der Waals surface area contributed by atoms with E-state index in [-0.39, 0.29) is 5.56 Å². The quantitative estimate of drug-likeness (QED) is 0.851. The number of rotatable bonds is 1. The zero-order valence-corrected chi connectivity index (χ0v) is 8.96. The summed E-state index contributed by atoms with van der Waals surface area (Å²) >= 11 is 3.31. The van der Waals surface area contributed by atoms with Crippen molar-refractivity contribution in [2.45, 2.75) is 6.92 Å². The fraction of sp³-hybridized carbons (Fsp3) is 0.100. The van der Waals surface area contributed by atoms with Crippen molar-refractivity contribution in [3.05, 3.63) is 34.0 Å². The summed E-state index contributed by atoms with van der Waals surface area (Å²) in [5, 5.41) is 9.62. The van der Waals surface area contributed by atoms with Gasteiger partial charge in [0.05, 0.1) is 0 Å². The van der Waals surface area contributed by atoms with Crippen molar-refractivity contribution in [1.82, 2.24) is 0 Å². The molecule has 1 heterocycles.